The second kappa shape index (κ2) is 37.0. The number of carbonyl (C=O) groups excluding carboxylic acids is 11. The van der Waals surface area contributed by atoms with Gasteiger partial charge >= 0.3 is 65.7 Å². The van der Waals surface area contributed by atoms with Gasteiger partial charge < -0.3 is 71.4 Å². The number of benzene rings is 4. The molecule has 0 atom stereocenters. The molecule has 0 aromatic heterocycles. The molecule has 0 fully saturated rings. The summed E-state index contributed by atoms with van der Waals surface area (Å²) in [6.07, 6.45) is 10.2. The quantitative estimate of drug-likeness (QED) is 0.0132. The van der Waals surface area contributed by atoms with E-state index in [0.29, 0.717) is 18.4 Å². The fraction of sp³-hybridized carbons (Fsp3) is 0.500. The van der Waals surface area contributed by atoms with E-state index < -0.39 is 166 Å². The summed E-state index contributed by atoms with van der Waals surface area (Å²) in [5.41, 5.74) is -3.43. The van der Waals surface area contributed by atoms with Crippen molar-refractivity contribution < 1.29 is 123 Å². The Kier molecular flexibility index (Phi) is 29.1. The van der Waals surface area contributed by atoms with Gasteiger partial charge in [-0.05, 0) is 85.0 Å². The van der Waals surface area contributed by atoms with Gasteiger partial charge in [0, 0.05) is 62.6 Å². The molecule has 0 saturated carbocycles. The summed E-state index contributed by atoms with van der Waals surface area (Å²) in [7, 11) is 0. The number of esters is 11. The number of unbranched alkanes of at least 4 members (excludes halogenated alkanes) is 10. The second-order valence-corrected chi connectivity index (χ2v) is 23.7. The number of hydrogen-bond donors (Lipinski definition) is 0. The molecule has 4 aromatic carbocycles. The summed E-state index contributed by atoms with van der Waals surface area (Å²) in [5, 5.41) is 0. The first-order valence-electron chi connectivity index (χ1n) is 32.2. The molecule has 0 amide bonds. The van der Waals surface area contributed by atoms with E-state index in [1.54, 1.807) is 26.8 Å². The Balaban J connectivity index is 1.53. The average molecular weight is 1380 g/mol. The van der Waals surface area contributed by atoms with E-state index in [2.05, 4.69) is 13.8 Å². The third kappa shape index (κ3) is 21.8. The van der Waals surface area contributed by atoms with Gasteiger partial charge in [0.15, 0.2) is 28.7 Å². The van der Waals surface area contributed by atoms with E-state index in [9.17, 15) is 47.9 Å². The van der Waals surface area contributed by atoms with Crippen molar-refractivity contribution in [1.82, 2.24) is 0 Å². The molecule has 26 nitrogen and oxygen atoms in total. The summed E-state index contributed by atoms with van der Waals surface area (Å²) in [6.45, 7) is 6.27. The molecule has 1 aliphatic heterocycles. The van der Waals surface area contributed by atoms with Gasteiger partial charge in [-0.3, -0.25) is 47.9 Å². The van der Waals surface area contributed by atoms with Crippen molar-refractivity contribution in [3.63, 3.8) is 0 Å². The van der Waals surface area contributed by atoms with Gasteiger partial charge in [0.2, 0.25) is 27.2 Å². The Bertz CT molecular complexity index is 3410. The highest BCUT2D eigenvalue weighted by molar-refractivity contribution is 5.99. The zero-order valence-electron chi connectivity index (χ0n) is 56.6. The number of ether oxygens (including phenoxy) is 13. The Morgan fingerprint density at radius 2 is 0.796 bits per heavy atom. The summed E-state index contributed by atoms with van der Waals surface area (Å²) in [5.74, 6) is -13.3. The lowest BCUT2D eigenvalue weighted by molar-refractivity contribution is -0.167. The number of anilines is 2. The fourth-order valence-corrected chi connectivity index (χ4v) is 10.9. The summed E-state index contributed by atoms with van der Waals surface area (Å²) in [6, 6.07) is 11.7. The lowest BCUT2D eigenvalue weighted by atomic mass is 9.61. The topological polar surface area (TPSA) is 314 Å². The molecule has 0 saturated heterocycles. The first kappa shape index (κ1) is 77.1. The smallest absolute Gasteiger partial charge is 0.340 e. The maximum atomic E-state index is 17.1. The van der Waals surface area contributed by atoms with Gasteiger partial charge in [0.05, 0.1) is 16.9 Å². The van der Waals surface area contributed by atoms with Crippen molar-refractivity contribution in [3.05, 3.63) is 105 Å². The minimum absolute atomic E-state index is 0.0241. The highest BCUT2D eigenvalue weighted by atomic mass is 19.1. The molecule has 6 rings (SSSR count). The number of fused-ring (bicyclic) bond motifs is 6. The normalized spacial score (nSPS) is 12.7. The molecule has 1 aliphatic carbocycles. The van der Waals surface area contributed by atoms with Crippen LogP contribution in [0.15, 0.2) is 54.6 Å². The molecule has 1 heterocycles. The van der Waals surface area contributed by atoms with Gasteiger partial charge in [0.1, 0.15) is 50.9 Å². The second-order valence-electron chi connectivity index (χ2n) is 23.7. The predicted octanol–water partition coefficient (Wildman–Crippen LogP) is 10.0. The Hall–Kier alpha value is -9.89. The molecular weight excluding hydrogens is 1290 g/mol. The predicted molar refractivity (Wildman–Crippen MR) is 341 cm³/mol. The number of halogens is 2. The van der Waals surface area contributed by atoms with Gasteiger partial charge in [-0.25, -0.2) is 13.6 Å². The van der Waals surface area contributed by atoms with Crippen molar-refractivity contribution in [2.45, 2.75) is 163 Å². The van der Waals surface area contributed by atoms with Crippen molar-refractivity contribution in [1.29, 1.82) is 0 Å². The molecular formula is C70H84F2N2O24. The molecule has 0 radical (unpaired) electrons. The van der Waals surface area contributed by atoms with Crippen LogP contribution in [-0.2, 0) is 102 Å². The largest absolute Gasteiger partial charge is 0.488 e. The van der Waals surface area contributed by atoms with Crippen LogP contribution in [0.5, 0.6) is 23.0 Å². The average Bonchev–Trinajstić information content (AvgIpc) is 1.37. The Labute approximate surface area is 565 Å². The number of aryl methyl sites for hydroxylation is 1. The molecule has 532 valence electrons. The van der Waals surface area contributed by atoms with Crippen LogP contribution in [0.4, 0.5) is 20.2 Å². The summed E-state index contributed by atoms with van der Waals surface area (Å²) < 4.78 is 105. The van der Waals surface area contributed by atoms with Crippen molar-refractivity contribution in [2.24, 2.45) is 0 Å². The first-order chi connectivity index (χ1) is 46.7. The van der Waals surface area contributed by atoms with Crippen LogP contribution in [0.2, 0.25) is 0 Å². The number of rotatable bonds is 39. The minimum atomic E-state index is -2.35. The van der Waals surface area contributed by atoms with Crippen LogP contribution < -0.4 is 28.7 Å². The number of carbonyl (C=O) groups is 11. The van der Waals surface area contributed by atoms with Gasteiger partial charge in [-0.1, -0.05) is 98.0 Å². The minimum Gasteiger partial charge on any atom is -0.488 e. The molecule has 98 heavy (non-hydrogen) atoms. The van der Waals surface area contributed by atoms with Gasteiger partial charge in [-0.15, -0.1) is 0 Å². The molecule has 4 aromatic rings. The highest BCUT2D eigenvalue weighted by Gasteiger charge is 2.57. The maximum absolute atomic E-state index is 17.1. The van der Waals surface area contributed by atoms with Crippen LogP contribution in [0, 0.1) is 18.6 Å². The zero-order chi connectivity index (χ0) is 71.7. The highest BCUT2D eigenvalue weighted by Crippen LogP contribution is 2.59. The maximum Gasteiger partial charge on any atom is 0.340 e. The Morgan fingerprint density at radius 3 is 1.19 bits per heavy atom. The third-order valence-corrected chi connectivity index (χ3v) is 15.7. The summed E-state index contributed by atoms with van der Waals surface area (Å²) >= 11 is 0. The van der Waals surface area contributed by atoms with Crippen molar-refractivity contribution in [3.8, 4) is 23.0 Å². The molecule has 28 heteroatoms. The first-order valence-corrected chi connectivity index (χ1v) is 32.2. The monoisotopic (exact) mass is 1370 g/mol. The van der Waals surface area contributed by atoms with Gasteiger partial charge in [0.25, 0.3) is 0 Å². The number of hydrogen-bond acceptors (Lipinski definition) is 26. The lowest BCUT2D eigenvalue weighted by Crippen LogP contribution is -2.42. The molecule has 0 bridgehead atoms. The third-order valence-electron chi connectivity index (χ3n) is 15.7. The van der Waals surface area contributed by atoms with Crippen LogP contribution in [0.25, 0.3) is 0 Å². The van der Waals surface area contributed by atoms with Crippen molar-refractivity contribution in [2.75, 3.05) is 76.4 Å². The standard InChI is InChI=1S/C70H84F2N2O24/c1-10-12-14-16-18-20-22-62(79)96-58-33-50-52(30-54(58)71)70(53-31-55(72)59(34-51(53)69(50,8)9)97-63(80)23-21-19-17-15-13-11-2)49-32-61(57(29-48(49)68(85)98-70)74(37-66(83)94-41-90-46(6)77)38-67(84)95-42-91-47(7)78)87-27-26-86-60-28-43(3)24-25-56(60)73(35-64(81)92-39-88-44(4)75)36-65(82)93-40-89-45(5)76/h24-25,28-34H,10-23,26-27,35-42H2,1-9H3. The zero-order valence-corrected chi connectivity index (χ0v) is 56.6. The Morgan fingerprint density at radius 1 is 0.429 bits per heavy atom. The fourth-order valence-electron chi connectivity index (χ4n) is 10.9. The van der Waals surface area contributed by atoms with E-state index in [1.807, 2.05) is 0 Å². The molecule has 1 spiro atoms. The lowest BCUT2D eigenvalue weighted by Gasteiger charge is -2.44. The number of nitrogens with zero attached hydrogens (tertiary/aromatic N) is 2. The van der Waals surface area contributed by atoms with E-state index in [4.69, 9.17) is 61.6 Å². The van der Waals surface area contributed by atoms with Gasteiger partial charge in [-0.2, -0.15) is 0 Å². The van der Waals surface area contributed by atoms with E-state index in [0.717, 1.165) is 109 Å². The van der Waals surface area contributed by atoms with E-state index in [-0.39, 0.29) is 69.1 Å². The van der Waals surface area contributed by atoms with Crippen LogP contribution in [0.1, 0.15) is 189 Å². The van der Waals surface area contributed by atoms with Crippen LogP contribution in [-0.4, -0.2) is 132 Å². The summed E-state index contributed by atoms with van der Waals surface area (Å²) in [4.78, 5) is 144. The molecule has 2 aliphatic rings. The van der Waals surface area contributed by atoms with E-state index >= 15 is 13.6 Å². The van der Waals surface area contributed by atoms with Crippen molar-refractivity contribution >= 4 is 77.0 Å². The van der Waals surface area contributed by atoms with E-state index in [1.165, 1.54) is 41.3 Å². The molecule has 0 N–H and O–H groups in total. The SMILES string of the molecule is CCCCCCCCC(=O)Oc1cc2c(cc1F)C1(OC(=O)c3cc(N(CC(=O)OCOC(C)=O)CC(=O)OCOC(C)=O)c(OCCOc4cc(C)ccc4N(CC(=O)OCOC(C)=O)CC(=O)OCOC(C)=O)cc31)c1cc(F)c(OC(=O)CCCCCCCC)cc1C2(C)C. The van der Waals surface area contributed by atoms with Crippen LogP contribution in [0.3, 0.4) is 0 Å². The molecule has 0 unspecified atom stereocenters. The van der Waals surface area contributed by atoms with Crippen LogP contribution >= 0.6 is 0 Å².